The lowest BCUT2D eigenvalue weighted by Crippen LogP contribution is -2.27. The Morgan fingerprint density at radius 2 is 1.39 bits per heavy atom. The second kappa shape index (κ2) is 9.03. The van der Waals surface area contributed by atoms with Gasteiger partial charge in [-0.25, -0.2) is 4.79 Å². The van der Waals surface area contributed by atoms with E-state index in [1.54, 1.807) is 57.2 Å². The van der Waals surface area contributed by atoms with E-state index in [-0.39, 0.29) is 11.8 Å². The van der Waals surface area contributed by atoms with E-state index in [9.17, 15) is 14.4 Å². The number of hydrogen-bond donors (Lipinski definition) is 3. The first-order valence-electron chi connectivity index (χ1n) is 8.87. The zero-order chi connectivity index (χ0) is 20.7. The first-order valence-corrected chi connectivity index (χ1v) is 8.87. The van der Waals surface area contributed by atoms with Gasteiger partial charge in [-0.05, 0) is 62.7 Å². The molecule has 0 unspecified atom stereocenters. The number of amides is 3. The van der Waals surface area contributed by atoms with E-state index >= 15 is 0 Å². The average Bonchev–Trinajstić information content (AvgIpc) is 2.59. The van der Waals surface area contributed by atoms with Crippen LogP contribution in [0.5, 0.6) is 0 Å². The minimum absolute atomic E-state index is 0.134. The highest BCUT2D eigenvalue weighted by atomic mass is 16.6. The summed E-state index contributed by atoms with van der Waals surface area (Å²) in [6.45, 7) is 7.16. The normalized spacial score (nSPS) is 10.7. The van der Waals surface area contributed by atoms with Crippen LogP contribution in [0, 0.1) is 0 Å². The van der Waals surface area contributed by atoms with Crippen molar-refractivity contribution < 1.29 is 19.1 Å². The Hall–Kier alpha value is -3.35. The van der Waals surface area contributed by atoms with Gasteiger partial charge in [0.25, 0.3) is 5.91 Å². The summed E-state index contributed by atoms with van der Waals surface area (Å²) in [5, 5.41) is 8.14. The van der Waals surface area contributed by atoms with Crippen LogP contribution >= 0.6 is 0 Å². The Bertz CT molecular complexity index is 837. The zero-order valence-corrected chi connectivity index (χ0v) is 16.5. The molecule has 2 aromatic carbocycles. The van der Waals surface area contributed by atoms with Gasteiger partial charge in [-0.2, -0.15) is 0 Å². The second-order valence-electron chi connectivity index (χ2n) is 7.27. The number of hydrogen-bond acceptors (Lipinski definition) is 4. The summed E-state index contributed by atoms with van der Waals surface area (Å²) in [5.74, 6) is -0.361. The standard InChI is InChI=1S/C21H25N3O4/c1-14(25)23-17-9-5-15(6-10-17)13-22-19(26)16-7-11-18(12-8-16)24-20(27)28-21(2,3)4/h5-12H,13H2,1-4H3,(H,22,26)(H,23,25)(H,24,27). The molecule has 0 bridgehead atoms. The molecule has 0 saturated heterocycles. The number of nitrogens with one attached hydrogen (secondary N) is 3. The summed E-state index contributed by atoms with van der Waals surface area (Å²) in [7, 11) is 0. The number of ether oxygens (including phenoxy) is 1. The second-order valence-corrected chi connectivity index (χ2v) is 7.27. The molecule has 0 aliphatic rings. The molecule has 0 aromatic heterocycles. The highest BCUT2D eigenvalue weighted by molar-refractivity contribution is 5.95. The van der Waals surface area contributed by atoms with Gasteiger partial charge in [0.2, 0.25) is 5.91 Å². The SMILES string of the molecule is CC(=O)Nc1ccc(CNC(=O)c2ccc(NC(=O)OC(C)(C)C)cc2)cc1. The molecule has 148 valence electrons. The molecule has 3 N–H and O–H groups in total. The van der Waals surface area contributed by atoms with Crippen LogP contribution in [0.4, 0.5) is 16.2 Å². The molecule has 3 amide bonds. The average molecular weight is 383 g/mol. The molecule has 0 radical (unpaired) electrons. The summed E-state index contributed by atoms with van der Waals surface area (Å²) in [6.07, 6.45) is -0.549. The molecular formula is C21H25N3O4. The summed E-state index contributed by atoms with van der Waals surface area (Å²) in [5.41, 5.74) is 2.05. The van der Waals surface area contributed by atoms with Gasteiger partial charge in [0.15, 0.2) is 0 Å². The van der Waals surface area contributed by atoms with Crippen LogP contribution in [0.3, 0.4) is 0 Å². The fourth-order valence-electron chi connectivity index (χ4n) is 2.32. The van der Waals surface area contributed by atoms with E-state index in [4.69, 9.17) is 4.74 Å². The lowest BCUT2D eigenvalue weighted by molar-refractivity contribution is -0.114. The first kappa shape index (κ1) is 21.0. The molecule has 0 aliphatic heterocycles. The Balaban J connectivity index is 1.87. The summed E-state index contributed by atoms with van der Waals surface area (Å²) >= 11 is 0. The smallest absolute Gasteiger partial charge is 0.412 e. The van der Waals surface area contributed by atoms with Crippen molar-refractivity contribution in [3.63, 3.8) is 0 Å². The Kier molecular flexibility index (Phi) is 6.76. The van der Waals surface area contributed by atoms with E-state index in [2.05, 4.69) is 16.0 Å². The van der Waals surface area contributed by atoms with Crippen molar-refractivity contribution in [2.75, 3.05) is 10.6 Å². The van der Waals surface area contributed by atoms with Gasteiger partial charge < -0.3 is 15.4 Å². The summed E-state index contributed by atoms with van der Waals surface area (Å²) in [6, 6.07) is 13.8. The molecule has 2 aromatic rings. The lowest BCUT2D eigenvalue weighted by atomic mass is 10.1. The highest BCUT2D eigenvalue weighted by Crippen LogP contribution is 2.14. The molecule has 28 heavy (non-hydrogen) atoms. The van der Waals surface area contributed by atoms with Crippen LogP contribution in [-0.4, -0.2) is 23.5 Å². The molecule has 0 aliphatic carbocycles. The highest BCUT2D eigenvalue weighted by Gasteiger charge is 2.16. The Morgan fingerprint density at radius 1 is 0.857 bits per heavy atom. The third-order valence-electron chi connectivity index (χ3n) is 3.52. The molecule has 0 atom stereocenters. The van der Waals surface area contributed by atoms with Crippen LogP contribution in [0.1, 0.15) is 43.6 Å². The number of anilines is 2. The predicted molar refractivity (Wildman–Crippen MR) is 108 cm³/mol. The number of carbonyl (C=O) groups is 3. The monoisotopic (exact) mass is 383 g/mol. The molecule has 0 fully saturated rings. The number of carbonyl (C=O) groups excluding carboxylic acids is 3. The van der Waals surface area contributed by atoms with Gasteiger partial charge in [0.05, 0.1) is 0 Å². The first-order chi connectivity index (χ1) is 13.1. The van der Waals surface area contributed by atoms with E-state index in [0.29, 0.717) is 23.5 Å². The van der Waals surface area contributed by atoms with Crippen LogP contribution in [-0.2, 0) is 16.1 Å². The quantitative estimate of drug-likeness (QED) is 0.729. The van der Waals surface area contributed by atoms with Crippen LogP contribution in [0.25, 0.3) is 0 Å². The van der Waals surface area contributed by atoms with Gasteiger partial charge in [-0.1, -0.05) is 12.1 Å². The Labute approximate surface area is 164 Å². The Morgan fingerprint density at radius 3 is 1.93 bits per heavy atom. The number of rotatable bonds is 5. The third kappa shape index (κ3) is 7.11. The zero-order valence-electron chi connectivity index (χ0n) is 16.5. The fourth-order valence-corrected chi connectivity index (χ4v) is 2.32. The van der Waals surface area contributed by atoms with Crippen molar-refractivity contribution in [2.24, 2.45) is 0 Å². The van der Waals surface area contributed by atoms with Gasteiger partial charge in [-0.3, -0.25) is 14.9 Å². The predicted octanol–water partition coefficient (Wildman–Crippen LogP) is 3.92. The minimum atomic E-state index is -0.579. The minimum Gasteiger partial charge on any atom is -0.444 e. The molecular weight excluding hydrogens is 358 g/mol. The molecule has 7 heteroatoms. The van der Waals surface area contributed by atoms with Crippen molar-refractivity contribution in [1.29, 1.82) is 0 Å². The van der Waals surface area contributed by atoms with Gasteiger partial charge in [0.1, 0.15) is 5.60 Å². The molecule has 0 spiro atoms. The van der Waals surface area contributed by atoms with Gasteiger partial charge in [0, 0.05) is 30.4 Å². The van der Waals surface area contributed by atoms with E-state index in [0.717, 1.165) is 5.56 Å². The van der Waals surface area contributed by atoms with Gasteiger partial charge >= 0.3 is 6.09 Å². The largest absolute Gasteiger partial charge is 0.444 e. The molecule has 0 heterocycles. The maximum Gasteiger partial charge on any atom is 0.412 e. The van der Waals surface area contributed by atoms with Gasteiger partial charge in [-0.15, -0.1) is 0 Å². The van der Waals surface area contributed by atoms with Crippen molar-refractivity contribution >= 4 is 29.3 Å². The molecule has 2 rings (SSSR count). The number of benzene rings is 2. The maximum atomic E-state index is 12.3. The van der Waals surface area contributed by atoms with E-state index in [1.165, 1.54) is 6.92 Å². The summed E-state index contributed by atoms with van der Waals surface area (Å²) < 4.78 is 5.18. The third-order valence-corrected chi connectivity index (χ3v) is 3.52. The van der Waals surface area contributed by atoms with Crippen molar-refractivity contribution in [3.05, 3.63) is 59.7 Å². The van der Waals surface area contributed by atoms with E-state index < -0.39 is 11.7 Å². The lowest BCUT2D eigenvalue weighted by Gasteiger charge is -2.19. The topological polar surface area (TPSA) is 96.5 Å². The maximum absolute atomic E-state index is 12.3. The fraction of sp³-hybridized carbons (Fsp3) is 0.286. The van der Waals surface area contributed by atoms with Crippen molar-refractivity contribution in [1.82, 2.24) is 5.32 Å². The molecule has 0 saturated carbocycles. The molecule has 7 nitrogen and oxygen atoms in total. The summed E-state index contributed by atoms with van der Waals surface area (Å²) in [4.78, 5) is 35.0. The van der Waals surface area contributed by atoms with Crippen LogP contribution in [0.15, 0.2) is 48.5 Å². The van der Waals surface area contributed by atoms with E-state index in [1.807, 2.05) is 12.1 Å². The van der Waals surface area contributed by atoms with Crippen LogP contribution < -0.4 is 16.0 Å². The van der Waals surface area contributed by atoms with Crippen LogP contribution in [0.2, 0.25) is 0 Å². The van der Waals surface area contributed by atoms with Crippen molar-refractivity contribution in [2.45, 2.75) is 39.8 Å². The van der Waals surface area contributed by atoms with Crippen molar-refractivity contribution in [3.8, 4) is 0 Å².